The molecule has 7 nitrogen and oxygen atoms in total. The molecule has 2 aromatic carbocycles. The molecule has 40 heavy (non-hydrogen) atoms. The quantitative estimate of drug-likeness (QED) is 0.353. The van der Waals surface area contributed by atoms with Crippen LogP contribution in [0.4, 0.5) is 5.95 Å². The van der Waals surface area contributed by atoms with Gasteiger partial charge in [-0.25, -0.2) is 4.98 Å². The zero-order chi connectivity index (χ0) is 28.7. The molecular formula is C32H41N5O2S. The van der Waals surface area contributed by atoms with Crippen molar-refractivity contribution in [3.8, 4) is 11.3 Å². The molecule has 2 heterocycles. The third kappa shape index (κ3) is 5.84. The summed E-state index contributed by atoms with van der Waals surface area (Å²) in [5.74, 6) is 0.446. The number of hydrogen-bond acceptors (Lipinski definition) is 6. The average molecular weight is 560 g/mol. The van der Waals surface area contributed by atoms with Crippen LogP contribution in [0.3, 0.4) is 0 Å². The predicted octanol–water partition coefficient (Wildman–Crippen LogP) is 6.15. The molecule has 3 aromatic rings. The zero-order valence-electron chi connectivity index (χ0n) is 24.5. The van der Waals surface area contributed by atoms with E-state index in [2.05, 4.69) is 47.3 Å². The highest BCUT2D eigenvalue weighted by atomic mass is 32.2. The van der Waals surface area contributed by atoms with Gasteiger partial charge in [0.2, 0.25) is 5.95 Å². The lowest BCUT2D eigenvalue weighted by Gasteiger charge is -2.61. The van der Waals surface area contributed by atoms with Gasteiger partial charge < -0.3 is 4.90 Å². The third-order valence-electron chi connectivity index (χ3n) is 8.40. The molecule has 2 N–H and O–H groups in total. The number of nitrogens with zero attached hydrogens (tertiary/aromatic N) is 3. The van der Waals surface area contributed by atoms with Gasteiger partial charge in [-0.3, -0.25) is 24.2 Å². The van der Waals surface area contributed by atoms with E-state index in [4.69, 9.17) is 0 Å². The monoisotopic (exact) mass is 559 g/mol. The lowest BCUT2D eigenvalue weighted by Crippen LogP contribution is -2.64. The van der Waals surface area contributed by atoms with Gasteiger partial charge in [-0.15, -0.1) is 0 Å². The minimum Gasteiger partial charge on any atom is -0.337 e. The second-order valence-corrected chi connectivity index (χ2v) is 13.6. The fourth-order valence-corrected chi connectivity index (χ4v) is 8.16. The number of carbonyl (C=O) groups excluding carboxylic acids is 1. The summed E-state index contributed by atoms with van der Waals surface area (Å²) >= 11 is 1.33. The number of aryl methyl sites for hydroxylation is 2. The Balaban J connectivity index is 1.25. The summed E-state index contributed by atoms with van der Waals surface area (Å²) in [5, 5.41) is 0. The largest absolute Gasteiger partial charge is 0.337 e. The topological polar surface area (TPSA) is 81.3 Å². The van der Waals surface area contributed by atoms with Crippen LogP contribution in [0.25, 0.3) is 11.3 Å². The standard InChI is InChI=1S/C32H41N5O2S/c1-21-10-7-11-22(2)27(21)25-19-26(38)34-30(33-25)35-40-24-13-8-12-23(18-24)28(39)36-14-9-15-37(17-16-36)29-31(3,4)20-32(29,5)6/h7-8,10-13,18-19,29H,9,14-17,20H2,1-6H3,(H2,33,34,35,38). The van der Waals surface area contributed by atoms with Crippen molar-refractivity contribution in [1.29, 1.82) is 0 Å². The number of aromatic amines is 1. The van der Waals surface area contributed by atoms with Crippen LogP contribution < -0.4 is 10.3 Å². The van der Waals surface area contributed by atoms with E-state index in [0.717, 1.165) is 54.2 Å². The normalized spacial score (nSPS) is 19.1. The Kier molecular flexibility index (Phi) is 7.86. The second kappa shape index (κ2) is 11.1. The number of anilines is 1. The summed E-state index contributed by atoms with van der Waals surface area (Å²) in [7, 11) is 0. The highest BCUT2D eigenvalue weighted by Gasteiger charge is 2.55. The van der Waals surface area contributed by atoms with Gasteiger partial charge in [0.05, 0.1) is 5.69 Å². The number of rotatable bonds is 6. The molecular weight excluding hydrogens is 518 g/mol. The van der Waals surface area contributed by atoms with Gasteiger partial charge >= 0.3 is 0 Å². The Bertz CT molecular complexity index is 1430. The van der Waals surface area contributed by atoms with Gasteiger partial charge in [0, 0.05) is 54.3 Å². The lowest BCUT2D eigenvalue weighted by molar-refractivity contribution is -0.112. The number of nitrogens with one attached hydrogen (secondary N) is 2. The smallest absolute Gasteiger partial charge is 0.253 e. The van der Waals surface area contributed by atoms with E-state index in [-0.39, 0.29) is 11.5 Å². The van der Waals surface area contributed by atoms with Crippen molar-refractivity contribution in [2.24, 2.45) is 10.8 Å². The first-order valence-corrected chi connectivity index (χ1v) is 15.0. The molecule has 0 spiro atoms. The van der Waals surface area contributed by atoms with Crippen molar-refractivity contribution < 1.29 is 4.79 Å². The molecule has 0 atom stereocenters. The number of benzene rings is 2. The summed E-state index contributed by atoms with van der Waals surface area (Å²) in [5.41, 5.74) is 4.83. The fourth-order valence-electron chi connectivity index (χ4n) is 7.52. The summed E-state index contributed by atoms with van der Waals surface area (Å²) in [6, 6.07) is 15.8. The van der Waals surface area contributed by atoms with E-state index in [1.807, 2.05) is 61.2 Å². The molecule has 1 amide bonds. The second-order valence-electron chi connectivity index (χ2n) is 12.7. The first kappa shape index (κ1) is 28.4. The Morgan fingerprint density at radius 3 is 2.38 bits per heavy atom. The van der Waals surface area contributed by atoms with Crippen LogP contribution >= 0.6 is 11.9 Å². The number of amides is 1. The Morgan fingerprint density at radius 2 is 1.68 bits per heavy atom. The molecule has 5 rings (SSSR count). The molecule has 1 aliphatic heterocycles. The maximum absolute atomic E-state index is 13.5. The van der Waals surface area contributed by atoms with Crippen molar-refractivity contribution in [1.82, 2.24) is 19.8 Å². The van der Waals surface area contributed by atoms with Crippen molar-refractivity contribution in [2.75, 3.05) is 30.9 Å². The SMILES string of the molecule is Cc1cccc(C)c1-c1cc(=O)[nH]c(NSc2cccc(C(=O)N3CCCN(C4C(C)(C)CC4(C)C)CC3)c2)n1. The van der Waals surface area contributed by atoms with Crippen molar-refractivity contribution in [3.05, 3.63) is 75.6 Å². The minimum atomic E-state index is -0.219. The van der Waals surface area contributed by atoms with Crippen LogP contribution in [0, 0.1) is 24.7 Å². The molecule has 8 heteroatoms. The van der Waals surface area contributed by atoms with Crippen LogP contribution in [0.5, 0.6) is 0 Å². The summed E-state index contributed by atoms with van der Waals surface area (Å²) in [6.45, 7) is 17.0. The highest BCUT2D eigenvalue weighted by molar-refractivity contribution is 8.00. The average Bonchev–Trinajstić information content (AvgIpc) is 3.11. The van der Waals surface area contributed by atoms with E-state index in [1.54, 1.807) is 0 Å². The third-order valence-corrected chi connectivity index (χ3v) is 9.19. The van der Waals surface area contributed by atoms with E-state index in [1.165, 1.54) is 24.4 Å². The first-order chi connectivity index (χ1) is 18.9. The lowest BCUT2D eigenvalue weighted by atomic mass is 9.51. The number of hydrogen-bond donors (Lipinski definition) is 2. The molecule has 1 saturated carbocycles. The van der Waals surface area contributed by atoms with E-state index < -0.39 is 0 Å². The van der Waals surface area contributed by atoms with E-state index in [9.17, 15) is 9.59 Å². The molecule has 2 aliphatic rings. The minimum absolute atomic E-state index is 0.0694. The number of aromatic nitrogens is 2. The Hall–Kier alpha value is -3.10. The van der Waals surface area contributed by atoms with E-state index in [0.29, 0.717) is 34.1 Å². The Morgan fingerprint density at radius 1 is 0.975 bits per heavy atom. The van der Waals surface area contributed by atoms with Crippen molar-refractivity contribution in [3.63, 3.8) is 0 Å². The van der Waals surface area contributed by atoms with Gasteiger partial charge in [0.1, 0.15) is 0 Å². The van der Waals surface area contributed by atoms with Gasteiger partial charge in [0.15, 0.2) is 0 Å². The molecule has 212 valence electrons. The van der Waals surface area contributed by atoms with Crippen molar-refractivity contribution >= 4 is 23.8 Å². The van der Waals surface area contributed by atoms with Crippen LogP contribution in [-0.2, 0) is 0 Å². The van der Waals surface area contributed by atoms with E-state index >= 15 is 0 Å². The first-order valence-electron chi connectivity index (χ1n) is 14.2. The predicted molar refractivity (Wildman–Crippen MR) is 164 cm³/mol. The van der Waals surface area contributed by atoms with Crippen molar-refractivity contribution in [2.45, 2.75) is 65.3 Å². The fraction of sp³-hybridized carbons (Fsp3) is 0.469. The summed E-state index contributed by atoms with van der Waals surface area (Å²) < 4.78 is 3.17. The number of H-pyrrole nitrogens is 1. The maximum Gasteiger partial charge on any atom is 0.253 e. The highest BCUT2D eigenvalue weighted by Crippen LogP contribution is 2.56. The molecule has 1 saturated heterocycles. The summed E-state index contributed by atoms with van der Waals surface area (Å²) in [4.78, 5) is 38.9. The Labute approximate surface area is 241 Å². The van der Waals surface area contributed by atoms with Gasteiger partial charge in [0.25, 0.3) is 11.5 Å². The molecule has 0 radical (unpaired) electrons. The van der Waals surface area contributed by atoms with Crippen LogP contribution in [0.15, 0.2) is 58.2 Å². The molecule has 2 fully saturated rings. The van der Waals surface area contributed by atoms with Crippen LogP contribution in [0.2, 0.25) is 0 Å². The molecule has 1 aromatic heterocycles. The maximum atomic E-state index is 13.5. The van der Waals surface area contributed by atoms with Crippen LogP contribution in [-0.4, -0.2) is 57.9 Å². The van der Waals surface area contributed by atoms with Gasteiger partial charge in [-0.05, 0) is 78.8 Å². The van der Waals surface area contributed by atoms with Crippen LogP contribution in [0.1, 0.15) is 62.0 Å². The van der Waals surface area contributed by atoms with Gasteiger partial charge in [-0.1, -0.05) is 52.0 Å². The zero-order valence-corrected chi connectivity index (χ0v) is 25.3. The number of carbonyl (C=O) groups is 1. The molecule has 1 aliphatic carbocycles. The molecule has 0 unspecified atom stereocenters. The molecule has 0 bridgehead atoms. The summed E-state index contributed by atoms with van der Waals surface area (Å²) in [6.07, 6.45) is 2.22. The van der Waals surface area contributed by atoms with Gasteiger partial charge in [-0.2, -0.15) is 0 Å².